The van der Waals surface area contributed by atoms with E-state index in [1.165, 1.54) is 0 Å². The number of hydrogen-bond acceptors (Lipinski definition) is 8. The summed E-state index contributed by atoms with van der Waals surface area (Å²) < 4.78 is 12.4. The van der Waals surface area contributed by atoms with Crippen molar-refractivity contribution in [2.24, 2.45) is 0 Å². The zero-order chi connectivity index (χ0) is 26.6. The fourth-order valence-corrected chi connectivity index (χ4v) is 3.91. The molecule has 10 heteroatoms. The molecule has 2 heterocycles. The van der Waals surface area contributed by atoms with Gasteiger partial charge in [-0.1, -0.05) is 0 Å². The van der Waals surface area contributed by atoms with Crippen LogP contribution < -0.4 is 15.4 Å². The number of rotatable bonds is 9. The van der Waals surface area contributed by atoms with Crippen LogP contribution in [0.2, 0.25) is 0 Å². The number of nitrogens with zero attached hydrogens (tertiary/aromatic N) is 4. The first-order chi connectivity index (χ1) is 17.7. The van der Waals surface area contributed by atoms with Gasteiger partial charge >= 0.3 is 6.09 Å². The Morgan fingerprint density at radius 3 is 2.38 bits per heavy atom. The van der Waals surface area contributed by atoms with Gasteiger partial charge in [-0.15, -0.1) is 10.2 Å². The summed E-state index contributed by atoms with van der Waals surface area (Å²) in [6.07, 6.45) is 1.14. The maximum Gasteiger partial charge on any atom is 0.407 e. The summed E-state index contributed by atoms with van der Waals surface area (Å²) in [5.41, 5.74) is 2.68. The molecule has 0 saturated carbocycles. The molecule has 0 aliphatic carbocycles. The van der Waals surface area contributed by atoms with E-state index in [0.717, 1.165) is 24.2 Å². The number of carbonyl (C=O) groups is 2. The maximum atomic E-state index is 13.1. The number of alkyl carbamates (subject to hydrolysis) is 1. The van der Waals surface area contributed by atoms with Gasteiger partial charge in [-0.2, -0.15) is 0 Å². The molecule has 194 valence electrons. The molecule has 4 aromatic rings. The number of aromatic nitrogens is 4. The quantitative estimate of drug-likeness (QED) is 0.252. The molecule has 0 aliphatic rings. The van der Waals surface area contributed by atoms with Crippen LogP contribution in [0.4, 0.5) is 10.6 Å². The Balaban J connectivity index is 1.48. The third-order valence-electron chi connectivity index (χ3n) is 5.66. The van der Waals surface area contributed by atoms with Crippen LogP contribution >= 0.6 is 0 Å². The largest absolute Gasteiger partial charge is 0.497 e. The van der Waals surface area contributed by atoms with Gasteiger partial charge in [-0.25, -0.2) is 9.78 Å². The Kier molecular flexibility index (Phi) is 7.56. The van der Waals surface area contributed by atoms with Crippen LogP contribution in [0.5, 0.6) is 5.75 Å². The number of ketones is 1. The van der Waals surface area contributed by atoms with E-state index in [1.54, 1.807) is 43.5 Å². The molecule has 1 amide bonds. The molecule has 0 bridgehead atoms. The molecule has 0 unspecified atom stereocenters. The summed E-state index contributed by atoms with van der Waals surface area (Å²) in [4.78, 5) is 29.6. The molecule has 0 fully saturated rings. The van der Waals surface area contributed by atoms with E-state index in [1.807, 2.05) is 38.2 Å². The molecule has 0 radical (unpaired) electrons. The number of carbonyl (C=O) groups excluding carboxylic acids is 2. The minimum atomic E-state index is -0.520. The van der Waals surface area contributed by atoms with E-state index in [9.17, 15) is 9.59 Å². The average molecular weight is 505 g/mol. The summed E-state index contributed by atoms with van der Waals surface area (Å²) >= 11 is 0. The summed E-state index contributed by atoms with van der Waals surface area (Å²) in [6, 6.07) is 12.5. The standard InChI is InChI=1S/C27H32N6O4/c1-17-31-32-25-24(28-14-6-7-15-29-26(35)37-27(2,3)4)30-21-16-19(10-13-22(21)33(17)25)23(34)18-8-11-20(36-5)12-9-18/h8-13,16H,6-7,14-15H2,1-5H3,(H,28,30)(H,29,35). The van der Waals surface area contributed by atoms with Gasteiger partial charge in [-0.05, 0) is 83.0 Å². The van der Waals surface area contributed by atoms with Crippen LogP contribution in [0.25, 0.3) is 16.7 Å². The molecule has 0 saturated heterocycles. The van der Waals surface area contributed by atoms with Crippen LogP contribution in [0, 0.1) is 6.92 Å². The molecule has 2 aromatic heterocycles. The Morgan fingerprint density at radius 2 is 1.68 bits per heavy atom. The van der Waals surface area contributed by atoms with Crippen LogP contribution in [0.1, 0.15) is 55.4 Å². The molecule has 0 atom stereocenters. The van der Waals surface area contributed by atoms with Crippen molar-refractivity contribution in [2.75, 3.05) is 25.5 Å². The normalized spacial score (nSPS) is 11.5. The molecular formula is C27H32N6O4. The van der Waals surface area contributed by atoms with Gasteiger partial charge in [0.05, 0.1) is 18.1 Å². The van der Waals surface area contributed by atoms with Crippen LogP contribution in [-0.4, -0.2) is 57.3 Å². The van der Waals surface area contributed by atoms with Gasteiger partial charge in [0.15, 0.2) is 11.6 Å². The molecule has 0 aliphatic heterocycles. The second-order valence-electron chi connectivity index (χ2n) is 9.69. The van der Waals surface area contributed by atoms with E-state index in [4.69, 9.17) is 14.5 Å². The molecule has 0 spiro atoms. The fraction of sp³-hybridized carbons (Fsp3) is 0.370. The number of methoxy groups -OCH3 is 1. The van der Waals surface area contributed by atoms with Crippen molar-refractivity contribution in [1.82, 2.24) is 24.9 Å². The first-order valence-electron chi connectivity index (χ1n) is 12.2. The van der Waals surface area contributed by atoms with Gasteiger partial charge in [0.1, 0.15) is 17.2 Å². The number of fused-ring (bicyclic) bond motifs is 3. The van der Waals surface area contributed by atoms with Crippen LogP contribution in [0.15, 0.2) is 42.5 Å². The molecule has 10 nitrogen and oxygen atoms in total. The van der Waals surface area contributed by atoms with Gasteiger partial charge in [-0.3, -0.25) is 9.20 Å². The van der Waals surface area contributed by atoms with Crippen molar-refractivity contribution in [3.63, 3.8) is 0 Å². The highest BCUT2D eigenvalue weighted by Gasteiger charge is 2.17. The van der Waals surface area contributed by atoms with Gasteiger partial charge < -0.3 is 20.1 Å². The van der Waals surface area contributed by atoms with Crippen molar-refractivity contribution >= 4 is 34.4 Å². The number of ether oxygens (including phenoxy) is 2. The number of hydrogen-bond donors (Lipinski definition) is 2. The smallest absolute Gasteiger partial charge is 0.407 e. The topological polar surface area (TPSA) is 120 Å². The highest BCUT2D eigenvalue weighted by Crippen LogP contribution is 2.24. The van der Waals surface area contributed by atoms with E-state index < -0.39 is 11.7 Å². The molecular weight excluding hydrogens is 472 g/mol. The van der Waals surface area contributed by atoms with E-state index in [-0.39, 0.29) is 5.78 Å². The highest BCUT2D eigenvalue weighted by molar-refractivity contribution is 6.10. The lowest BCUT2D eigenvalue weighted by Crippen LogP contribution is -2.33. The second-order valence-corrected chi connectivity index (χ2v) is 9.69. The number of aryl methyl sites for hydroxylation is 1. The van der Waals surface area contributed by atoms with E-state index >= 15 is 0 Å². The lowest BCUT2D eigenvalue weighted by atomic mass is 10.0. The Labute approximate surface area is 215 Å². The molecule has 2 N–H and O–H groups in total. The first kappa shape index (κ1) is 25.9. The lowest BCUT2D eigenvalue weighted by molar-refractivity contribution is 0.0527. The zero-order valence-electron chi connectivity index (χ0n) is 21.8. The summed E-state index contributed by atoms with van der Waals surface area (Å²) in [5.74, 6) is 1.90. The SMILES string of the molecule is COc1ccc(C(=O)c2ccc3c(c2)nc(NCCCCNC(=O)OC(C)(C)C)c2nnc(C)n23)cc1. The predicted octanol–water partition coefficient (Wildman–Crippen LogP) is 4.54. The number of amides is 1. The van der Waals surface area contributed by atoms with E-state index in [0.29, 0.717) is 46.9 Å². The van der Waals surface area contributed by atoms with Crippen molar-refractivity contribution in [1.29, 1.82) is 0 Å². The maximum absolute atomic E-state index is 13.1. The van der Waals surface area contributed by atoms with Crippen molar-refractivity contribution in [2.45, 2.75) is 46.1 Å². The van der Waals surface area contributed by atoms with Gasteiger partial charge in [0.25, 0.3) is 0 Å². The summed E-state index contributed by atoms with van der Waals surface area (Å²) in [5, 5.41) is 14.6. The highest BCUT2D eigenvalue weighted by atomic mass is 16.6. The second kappa shape index (κ2) is 10.8. The summed E-state index contributed by atoms with van der Waals surface area (Å²) in [6.45, 7) is 8.51. The third kappa shape index (κ3) is 6.14. The predicted molar refractivity (Wildman–Crippen MR) is 141 cm³/mol. The fourth-order valence-electron chi connectivity index (χ4n) is 3.91. The number of nitrogens with one attached hydrogen (secondary N) is 2. The Bertz CT molecular complexity index is 1420. The molecule has 37 heavy (non-hydrogen) atoms. The molecule has 4 rings (SSSR count). The number of anilines is 1. The van der Waals surface area contributed by atoms with Crippen LogP contribution in [0.3, 0.4) is 0 Å². The van der Waals surface area contributed by atoms with E-state index in [2.05, 4.69) is 20.8 Å². The zero-order valence-corrected chi connectivity index (χ0v) is 21.8. The van der Waals surface area contributed by atoms with Crippen LogP contribution in [-0.2, 0) is 4.74 Å². The van der Waals surface area contributed by atoms with Crippen molar-refractivity contribution in [3.8, 4) is 5.75 Å². The Morgan fingerprint density at radius 1 is 0.973 bits per heavy atom. The average Bonchev–Trinajstić information content (AvgIpc) is 3.26. The Hall–Kier alpha value is -4.21. The molecule has 2 aromatic carbocycles. The van der Waals surface area contributed by atoms with Crippen molar-refractivity contribution in [3.05, 3.63) is 59.4 Å². The number of unbranched alkanes of at least 4 members (excludes halogenated alkanes) is 1. The lowest BCUT2D eigenvalue weighted by Gasteiger charge is -2.19. The minimum Gasteiger partial charge on any atom is -0.497 e. The third-order valence-corrected chi connectivity index (χ3v) is 5.66. The van der Waals surface area contributed by atoms with Gasteiger partial charge in [0, 0.05) is 24.2 Å². The first-order valence-corrected chi connectivity index (χ1v) is 12.2. The van der Waals surface area contributed by atoms with Crippen molar-refractivity contribution < 1.29 is 19.1 Å². The van der Waals surface area contributed by atoms with Gasteiger partial charge in [0.2, 0.25) is 5.65 Å². The minimum absolute atomic E-state index is 0.0982. The summed E-state index contributed by atoms with van der Waals surface area (Å²) in [7, 11) is 1.59. The monoisotopic (exact) mass is 504 g/mol. The number of benzene rings is 2.